The van der Waals surface area contributed by atoms with Crippen molar-refractivity contribution in [1.29, 1.82) is 0 Å². The number of aryl methyl sites for hydroxylation is 1. The second-order valence-corrected chi connectivity index (χ2v) is 4.24. The van der Waals surface area contributed by atoms with E-state index in [0.29, 0.717) is 18.1 Å². The van der Waals surface area contributed by atoms with Crippen LogP contribution in [-0.4, -0.2) is 15.2 Å². The molecule has 0 bridgehead atoms. The Labute approximate surface area is 112 Å². The van der Waals surface area contributed by atoms with Gasteiger partial charge < -0.3 is 14.4 Å². The maximum absolute atomic E-state index is 9.68. The van der Waals surface area contributed by atoms with Crippen LogP contribution in [0.3, 0.4) is 0 Å². The molecule has 0 radical (unpaired) electrons. The van der Waals surface area contributed by atoms with E-state index in [0.717, 1.165) is 17.7 Å². The summed E-state index contributed by atoms with van der Waals surface area (Å²) in [7, 11) is 0. The van der Waals surface area contributed by atoms with E-state index in [1.165, 1.54) is 0 Å². The van der Waals surface area contributed by atoms with E-state index in [4.69, 9.17) is 9.26 Å². The predicted molar refractivity (Wildman–Crippen MR) is 69.7 cm³/mol. The number of aliphatic hydroxyl groups excluding tert-OH is 1. The van der Waals surface area contributed by atoms with Crippen molar-refractivity contribution >= 4 is 0 Å². The number of aromatic nitrogens is 2. The molecule has 0 aliphatic heterocycles. The molecule has 102 valence electrons. The van der Waals surface area contributed by atoms with Gasteiger partial charge in [0.05, 0.1) is 6.10 Å². The fraction of sp³-hybridized carbons (Fsp3) is 0.429. The quantitative estimate of drug-likeness (QED) is 0.866. The molecule has 0 unspecified atom stereocenters. The van der Waals surface area contributed by atoms with Crippen LogP contribution in [0.4, 0.5) is 0 Å². The molecule has 1 aromatic heterocycles. The molecule has 5 heteroatoms. The largest absolute Gasteiger partial charge is 0.485 e. The zero-order valence-electron chi connectivity index (χ0n) is 11.2. The van der Waals surface area contributed by atoms with E-state index in [9.17, 15) is 5.11 Å². The molecular weight excluding hydrogens is 244 g/mol. The van der Waals surface area contributed by atoms with Crippen molar-refractivity contribution < 1.29 is 14.4 Å². The lowest BCUT2D eigenvalue weighted by molar-refractivity contribution is 0.173. The molecule has 0 aliphatic carbocycles. The van der Waals surface area contributed by atoms with Gasteiger partial charge in [-0.15, -0.1) is 0 Å². The van der Waals surface area contributed by atoms with Gasteiger partial charge >= 0.3 is 0 Å². The minimum atomic E-state index is -0.418. The standard InChI is InChI=1S/C14H18N2O3/c1-3-12(17)10-5-7-11(8-6-10)18-9-13-15-14(4-2)19-16-13/h5-8,12,17H,3-4,9H2,1-2H3/t12-/m0/s1. The molecule has 0 aliphatic rings. The summed E-state index contributed by atoms with van der Waals surface area (Å²) in [6, 6.07) is 7.37. The zero-order chi connectivity index (χ0) is 13.7. The average molecular weight is 262 g/mol. The Morgan fingerprint density at radius 2 is 2.00 bits per heavy atom. The van der Waals surface area contributed by atoms with Gasteiger partial charge in [-0.2, -0.15) is 4.98 Å². The van der Waals surface area contributed by atoms with E-state index in [1.54, 1.807) is 0 Å². The predicted octanol–water partition coefficient (Wildman–Crippen LogP) is 2.65. The van der Waals surface area contributed by atoms with E-state index in [1.807, 2.05) is 38.1 Å². The summed E-state index contributed by atoms with van der Waals surface area (Å²) in [5, 5.41) is 13.5. The molecule has 5 nitrogen and oxygen atoms in total. The Bertz CT molecular complexity index is 508. The summed E-state index contributed by atoms with van der Waals surface area (Å²) in [5.41, 5.74) is 0.891. The third-order valence-electron chi connectivity index (χ3n) is 2.83. The van der Waals surface area contributed by atoms with Gasteiger partial charge in [0, 0.05) is 6.42 Å². The SMILES string of the molecule is CCc1nc(COc2ccc([C@@H](O)CC)cc2)no1. The Morgan fingerprint density at radius 1 is 1.26 bits per heavy atom. The molecule has 0 fully saturated rings. The third-order valence-corrected chi connectivity index (χ3v) is 2.83. The molecule has 0 spiro atoms. The van der Waals surface area contributed by atoms with Gasteiger partial charge in [-0.25, -0.2) is 0 Å². The van der Waals surface area contributed by atoms with Crippen LogP contribution in [0.5, 0.6) is 5.75 Å². The number of rotatable bonds is 6. The Morgan fingerprint density at radius 3 is 2.58 bits per heavy atom. The second kappa shape index (κ2) is 6.33. The fourth-order valence-corrected chi connectivity index (χ4v) is 1.66. The normalized spacial score (nSPS) is 12.4. The van der Waals surface area contributed by atoms with Crippen LogP contribution < -0.4 is 4.74 Å². The molecule has 19 heavy (non-hydrogen) atoms. The smallest absolute Gasteiger partial charge is 0.226 e. The summed E-state index contributed by atoms with van der Waals surface area (Å²) in [4.78, 5) is 4.16. The molecule has 1 N–H and O–H groups in total. The van der Waals surface area contributed by atoms with Crippen LogP contribution in [0.15, 0.2) is 28.8 Å². The van der Waals surface area contributed by atoms with Crippen molar-refractivity contribution in [3.63, 3.8) is 0 Å². The first-order valence-corrected chi connectivity index (χ1v) is 6.45. The van der Waals surface area contributed by atoms with Crippen molar-refractivity contribution in [1.82, 2.24) is 10.1 Å². The van der Waals surface area contributed by atoms with E-state index >= 15 is 0 Å². The van der Waals surface area contributed by atoms with Crippen LogP contribution in [-0.2, 0) is 13.0 Å². The van der Waals surface area contributed by atoms with Gasteiger partial charge in [0.1, 0.15) is 5.75 Å². The van der Waals surface area contributed by atoms with Gasteiger partial charge in [0.2, 0.25) is 11.7 Å². The molecule has 0 amide bonds. The number of hydrogen-bond donors (Lipinski definition) is 1. The summed E-state index contributed by atoms with van der Waals surface area (Å²) in [5.74, 6) is 1.87. The van der Waals surface area contributed by atoms with Crippen LogP contribution >= 0.6 is 0 Å². The Kier molecular flexibility index (Phi) is 4.52. The fourth-order valence-electron chi connectivity index (χ4n) is 1.66. The van der Waals surface area contributed by atoms with E-state index < -0.39 is 6.10 Å². The van der Waals surface area contributed by atoms with Crippen molar-refractivity contribution in [3.8, 4) is 5.75 Å². The summed E-state index contributed by atoms with van der Waals surface area (Å²) in [6.45, 7) is 4.17. The van der Waals surface area contributed by atoms with Gasteiger partial charge in [0.25, 0.3) is 0 Å². The minimum absolute atomic E-state index is 0.277. The van der Waals surface area contributed by atoms with E-state index in [2.05, 4.69) is 10.1 Å². The number of benzene rings is 1. The topological polar surface area (TPSA) is 68.4 Å². The molecule has 2 rings (SSSR count). The lowest BCUT2D eigenvalue weighted by Crippen LogP contribution is -1.99. The summed E-state index contributed by atoms with van der Waals surface area (Å²) in [6.07, 6.45) is 0.998. The monoisotopic (exact) mass is 262 g/mol. The number of hydrogen-bond acceptors (Lipinski definition) is 5. The first-order valence-electron chi connectivity index (χ1n) is 6.45. The van der Waals surface area contributed by atoms with Crippen molar-refractivity contribution in [2.45, 2.75) is 39.4 Å². The highest BCUT2D eigenvalue weighted by molar-refractivity contribution is 5.28. The second-order valence-electron chi connectivity index (χ2n) is 4.24. The van der Waals surface area contributed by atoms with Gasteiger partial charge in [-0.05, 0) is 24.1 Å². The van der Waals surface area contributed by atoms with Crippen molar-refractivity contribution in [2.75, 3.05) is 0 Å². The molecule has 1 aromatic carbocycles. The summed E-state index contributed by atoms with van der Waals surface area (Å²) < 4.78 is 10.5. The molecule has 1 heterocycles. The minimum Gasteiger partial charge on any atom is -0.485 e. The van der Waals surface area contributed by atoms with Crippen molar-refractivity contribution in [2.24, 2.45) is 0 Å². The van der Waals surface area contributed by atoms with Gasteiger partial charge in [0.15, 0.2) is 6.61 Å². The highest BCUT2D eigenvalue weighted by Gasteiger charge is 2.07. The van der Waals surface area contributed by atoms with Crippen LogP contribution in [0.25, 0.3) is 0 Å². The van der Waals surface area contributed by atoms with Crippen molar-refractivity contribution in [3.05, 3.63) is 41.5 Å². The Balaban J connectivity index is 1.92. The van der Waals surface area contributed by atoms with Gasteiger partial charge in [-0.1, -0.05) is 31.1 Å². The molecule has 0 saturated heterocycles. The Hall–Kier alpha value is -1.88. The molecule has 0 saturated carbocycles. The van der Waals surface area contributed by atoms with E-state index in [-0.39, 0.29) is 6.61 Å². The molecule has 2 aromatic rings. The average Bonchev–Trinajstić information content (AvgIpc) is 2.93. The number of aliphatic hydroxyl groups is 1. The van der Waals surface area contributed by atoms with Crippen LogP contribution in [0.1, 0.15) is 43.7 Å². The highest BCUT2D eigenvalue weighted by atomic mass is 16.5. The lowest BCUT2D eigenvalue weighted by Gasteiger charge is -2.09. The molecular formula is C14H18N2O3. The van der Waals surface area contributed by atoms with Crippen LogP contribution in [0.2, 0.25) is 0 Å². The summed E-state index contributed by atoms with van der Waals surface area (Å²) >= 11 is 0. The third kappa shape index (κ3) is 3.54. The molecule has 1 atom stereocenters. The lowest BCUT2D eigenvalue weighted by atomic mass is 10.1. The zero-order valence-corrected chi connectivity index (χ0v) is 11.2. The number of nitrogens with zero attached hydrogens (tertiary/aromatic N) is 2. The first-order chi connectivity index (χ1) is 9.22. The highest BCUT2D eigenvalue weighted by Crippen LogP contribution is 2.20. The number of ether oxygens (including phenoxy) is 1. The first kappa shape index (κ1) is 13.5. The van der Waals surface area contributed by atoms with Crippen LogP contribution in [0, 0.1) is 0 Å². The maximum atomic E-state index is 9.68. The maximum Gasteiger partial charge on any atom is 0.226 e. The van der Waals surface area contributed by atoms with Gasteiger partial charge in [-0.3, -0.25) is 0 Å².